The lowest BCUT2D eigenvalue weighted by Crippen LogP contribution is -2.40. The Morgan fingerprint density at radius 1 is 1.12 bits per heavy atom. The maximum atomic E-state index is 12.4. The molecule has 2 N–H and O–H groups in total. The second-order valence-electron chi connectivity index (χ2n) is 8.47. The predicted octanol–water partition coefficient (Wildman–Crippen LogP) is 4.64. The fourth-order valence-corrected chi connectivity index (χ4v) is 4.17. The first-order valence-electron chi connectivity index (χ1n) is 11.4. The number of aryl methyl sites for hydroxylation is 1. The summed E-state index contributed by atoms with van der Waals surface area (Å²) in [7, 11) is 0. The highest BCUT2D eigenvalue weighted by Crippen LogP contribution is 2.34. The van der Waals surface area contributed by atoms with Crippen LogP contribution < -0.4 is 25.0 Å². The number of anilines is 2. The van der Waals surface area contributed by atoms with Crippen LogP contribution in [0.1, 0.15) is 44.1 Å². The highest BCUT2D eigenvalue weighted by molar-refractivity contribution is 5.98. The molecule has 1 fully saturated rings. The van der Waals surface area contributed by atoms with E-state index in [9.17, 15) is 9.59 Å². The minimum absolute atomic E-state index is 0.0104. The van der Waals surface area contributed by atoms with Gasteiger partial charge in [-0.2, -0.15) is 0 Å². The van der Waals surface area contributed by atoms with Crippen LogP contribution in [-0.4, -0.2) is 37.7 Å². The zero-order valence-electron chi connectivity index (χ0n) is 18.6. The van der Waals surface area contributed by atoms with Crippen LogP contribution in [0.3, 0.4) is 0 Å². The standard InChI is InChI=1S/C25H31N3O4/c1-18-8-11-21(12-9-18)31-15-5-14-28-22-13-10-20(16-23(22)32-17-24(28)29)27-25(30)26-19-6-3-2-4-7-19/h8-13,16,19H,2-7,14-15,17H2,1H3,(H2,26,27,30). The van der Waals surface area contributed by atoms with Crippen molar-refractivity contribution >= 4 is 23.3 Å². The van der Waals surface area contributed by atoms with Gasteiger partial charge in [0.15, 0.2) is 6.61 Å². The van der Waals surface area contributed by atoms with Gasteiger partial charge in [0.2, 0.25) is 0 Å². The lowest BCUT2D eigenvalue weighted by atomic mass is 9.96. The van der Waals surface area contributed by atoms with Crippen LogP contribution in [0.4, 0.5) is 16.2 Å². The molecule has 2 aromatic rings. The van der Waals surface area contributed by atoms with E-state index in [-0.39, 0.29) is 24.6 Å². The Labute approximate surface area is 189 Å². The molecule has 0 aromatic heterocycles. The van der Waals surface area contributed by atoms with Gasteiger partial charge in [0.25, 0.3) is 5.91 Å². The van der Waals surface area contributed by atoms with E-state index < -0.39 is 0 Å². The van der Waals surface area contributed by atoms with Crippen LogP contribution in [-0.2, 0) is 4.79 Å². The van der Waals surface area contributed by atoms with Crippen molar-refractivity contribution in [1.29, 1.82) is 0 Å². The van der Waals surface area contributed by atoms with Crippen LogP contribution in [0, 0.1) is 6.92 Å². The Kier molecular flexibility index (Phi) is 7.14. The van der Waals surface area contributed by atoms with Crippen molar-refractivity contribution in [2.75, 3.05) is 30.0 Å². The quantitative estimate of drug-likeness (QED) is 0.618. The Morgan fingerprint density at radius 3 is 2.69 bits per heavy atom. The van der Waals surface area contributed by atoms with Gasteiger partial charge >= 0.3 is 6.03 Å². The number of nitrogens with one attached hydrogen (secondary N) is 2. The molecule has 2 aliphatic rings. The molecule has 3 amide bonds. The summed E-state index contributed by atoms with van der Waals surface area (Å²) in [4.78, 5) is 26.5. The number of ether oxygens (including phenoxy) is 2. The number of urea groups is 1. The van der Waals surface area contributed by atoms with E-state index >= 15 is 0 Å². The van der Waals surface area contributed by atoms with E-state index in [0.717, 1.165) is 37.1 Å². The number of benzene rings is 2. The molecule has 0 bridgehead atoms. The van der Waals surface area contributed by atoms with Crippen LogP contribution >= 0.6 is 0 Å². The first-order valence-corrected chi connectivity index (χ1v) is 11.4. The summed E-state index contributed by atoms with van der Waals surface area (Å²) in [6.45, 7) is 3.08. The number of fused-ring (bicyclic) bond motifs is 1. The average Bonchev–Trinajstić information content (AvgIpc) is 2.79. The molecule has 1 saturated carbocycles. The molecular weight excluding hydrogens is 406 g/mol. The van der Waals surface area contributed by atoms with Crippen molar-refractivity contribution in [2.24, 2.45) is 0 Å². The van der Waals surface area contributed by atoms with Crippen LogP contribution in [0.5, 0.6) is 11.5 Å². The minimum atomic E-state index is -0.200. The molecule has 0 unspecified atom stereocenters. The van der Waals surface area contributed by atoms with Crippen molar-refractivity contribution in [3.63, 3.8) is 0 Å². The zero-order valence-corrected chi connectivity index (χ0v) is 18.6. The second-order valence-corrected chi connectivity index (χ2v) is 8.47. The van der Waals surface area contributed by atoms with Crippen LogP contribution in [0.15, 0.2) is 42.5 Å². The SMILES string of the molecule is Cc1ccc(OCCCN2C(=O)COc3cc(NC(=O)NC4CCCCC4)ccc32)cc1. The monoisotopic (exact) mass is 437 g/mol. The summed E-state index contributed by atoms with van der Waals surface area (Å²) in [5, 5.41) is 5.93. The largest absolute Gasteiger partial charge is 0.494 e. The van der Waals surface area contributed by atoms with Gasteiger partial charge in [0.05, 0.1) is 12.3 Å². The molecule has 0 radical (unpaired) electrons. The van der Waals surface area contributed by atoms with E-state index in [1.807, 2.05) is 37.3 Å². The summed E-state index contributed by atoms with van der Waals surface area (Å²) < 4.78 is 11.4. The molecule has 1 aliphatic carbocycles. The molecular formula is C25H31N3O4. The molecule has 1 heterocycles. The van der Waals surface area contributed by atoms with E-state index in [1.54, 1.807) is 17.0 Å². The van der Waals surface area contributed by atoms with Gasteiger partial charge in [-0.3, -0.25) is 4.79 Å². The van der Waals surface area contributed by atoms with Crippen LogP contribution in [0.2, 0.25) is 0 Å². The lowest BCUT2D eigenvalue weighted by molar-refractivity contribution is -0.121. The van der Waals surface area contributed by atoms with Gasteiger partial charge in [-0.05, 0) is 50.5 Å². The van der Waals surface area contributed by atoms with E-state index in [0.29, 0.717) is 31.0 Å². The Balaban J connectivity index is 1.31. The molecule has 32 heavy (non-hydrogen) atoms. The van der Waals surface area contributed by atoms with Crippen LogP contribution in [0.25, 0.3) is 0 Å². The number of hydrogen-bond donors (Lipinski definition) is 2. The fourth-order valence-electron chi connectivity index (χ4n) is 4.17. The molecule has 0 spiro atoms. The Bertz CT molecular complexity index is 939. The van der Waals surface area contributed by atoms with Crippen molar-refractivity contribution in [1.82, 2.24) is 5.32 Å². The molecule has 0 saturated heterocycles. The fraction of sp³-hybridized carbons (Fsp3) is 0.440. The first kappa shape index (κ1) is 22.0. The summed E-state index contributed by atoms with van der Waals surface area (Å²) >= 11 is 0. The lowest BCUT2D eigenvalue weighted by Gasteiger charge is -2.30. The van der Waals surface area contributed by atoms with E-state index in [1.165, 1.54) is 12.0 Å². The van der Waals surface area contributed by atoms with Gasteiger partial charge < -0.3 is 25.0 Å². The first-order chi connectivity index (χ1) is 15.6. The number of carbonyl (C=O) groups excluding carboxylic acids is 2. The summed E-state index contributed by atoms with van der Waals surface area (Å²) in [6.07, 6.45) is 6.34. The van der Waals surface area contributed by atoms with Crippen molar-refractivity contribution in [3.8, 4) is 11.5 Å². The maximum absolute atomic E-state index is 12.4. The van der Waals surface area contributed by atoms with Gasteiger partial charge in [-0.1, -0.05) is 37.0 Å². The summed E-state index contributed by atoms with van der Waals surface area (Å²) in [6, 6.07) is 13.4. The average molecular weight is 438 g/mol. The summed E-state index contributed by atoms with van der Waals surface area (Å²) in [5.41, 5.74) is 2.55. The molecule has 0 atom stereocenters. The third-order valence-electron chi connectivity index (χ3n) is 5.92. The van der Waals surface area contributed by atoms with Gasteiger partial charge in [-0.15, -0.1) is 0 Å². The van der Waals surface area contributed by atoms with Crippen molar-refractivity contribution < 1.29 is 19.1 Å². The maximum Gasteiger partial charge on any atom is 0.319 e. The van der Waals surface area contributed by atoms with Crippen molar-refractivity contribution in [2.45, 2.75) is 51.5 Å². The second kappa shape index (κ2) is 10.4. The van der Waals surface area contributed by atoms with Crippen molar-refractivity contribution in [3.05, 3.63) is 48.0 Å². The van der Waals surface area contributed by atoms with Gasteiger partial charge in [0.1, 0.15) is 11.5 Å². The zero-order chi connectivity index (χ0) is 22.3. The normalized spacial score (nSPS) is 16.2. The molecule has 1 aliphatic heterocycles. The number of carbonyl (C=O) groups is 2. The molecule has 170 valence electrons. The third kappa shape index (κ3) is 5.72. The van der Waals surface area contributed by atoms with E-state index in [2.05, 4.69) is 10.6 Å². The Morgan fingerprint density at radius 2 is 1.91 bits per heavy atom. The number of rotatable bonds is 7. The predicted molar refractivity (Wildman–Crippen MR) is 125 cm³/mol. The number of nitrogens with zero attached hydrogens (tertiary/aromatic N) is 1. The number of hydrogen-bond acceptors (Lipinski definition) is 4. The van der Waals surface area contributed by atoms with Gasteiger partial charge in [-0.25, -0.2) is 4.79 Å². The molecule has 4 rings (SSSR count). The molecule has 7 heteroatoms. The highest BCUT2D eigenvalue weighted by Gasteiger charge is 2.25. The minimum Gasteiger partial charge on any atom is -0.494 e. The molecule has 7 nitrogen and oxygen atoms in total. The van der Waals surface area contributed by atoms with Gasteiger partial charge in [0, 0.05) is 24.3 Å². The molecule has 2 aromatic carbocycles. The topological polar surface area (TPSA) is 79.9 Å². The smallest absolute Gasteiger partial charge is 0.319 e. The number of amides is 3. The highest BCUT2D eigenvalue weighted by atomic mass is 16.5. The van der Waals surface area contributed by atoms with E-state index in [4.69, 9.17) is 9.47 Å². The summed E-state index contributed by atoms with van der Waals surface area (Å²) in [5.74, 6) is 1.34. The third-order valence-corrected chi connectivity index (χ3v) is 5.92. The Hall–Kier alpha value is -3.22.